The zero-order valence-corrected chi connectivity index (χ0v) is 18.5. The molecule has 3 aromatic carbocycles. The van der Waals surface area contributed by atoms with Crippen molar-refractivity contribution in [2.75, 3.05) is 20.0 Å². The lowest BCUT2D eigenvalue weighted by Crippen LogP contribution is -2.24. The van der Waals surface area contributed by atoms with Crippen molar-refractivity contribution in [2.45, 2.75) is 17.6 Å². The van der Waals surface area contributed by atoms with E-state index in [1.807, 2.05) is 0 Å². The van der Waals surface area contributed by atoms with Gasteiger partial charge in [0.05, 0.1) is 19.8 Å². The number of hydrogen-bond donors (Lipinski definition) is 2. The maximum absolute atomic E-state index is 13.0. The molecule has 3 aromatic rings. The standard InChI is InChI=1S/C22H21F3N2O5S/c1-30-17-8-6-14(20(12-17)31-2)13-27-33(28,29)21-11-16(26)7-9-19(21)32-18-5-3-4-15(10-18)22(23,24)25/h3-12,27H,13,26H2,1-2H3. The van der Waals surface area contributed by atoms with Gasteiger partial charge >= 0.3 is 6.18 Å². The molecule has 0 bridgehead atoms. The zero-order valence-electron chi connectivity index (χ0n) is 17.6. The van der Waals surface area contributed by atoms with E-state index in [2.05, 4.69) is 4.72 Å². The third-order valence-corrected chi connectivity index (χ3v) is 6.02. The fourth-order valence-electron chi connectivity index (χ4n) is 2.93. The Morgan fingerprint density at radius 2 is 1.67 bits per heavy atom. The van der Waals surface area contributed by atoms with E-state index >= 15 is 0 Å². The fourth-order valence-corrected chi connectivity index (χ4v) is 4.10. The second-order valence-corrected chi connectivity index (χ2v) is 8.57. The number of ether oxygens (including phenoxy) is 3. The molecule has 0 heterocycles. The maximum atomic E-state index is 13.0. The Bertz CT molecular complexity index is 1250. The third kappa shape index (κ3) is 5.88. The predicted molar refractivity (Wildman–Crippen MR) is 116 cm³/mol. The molecule has 0 aromatic heterocycles. The lowest BCUT2D eigenvalue weighted by Gasteiger charge is -2.15. The van der Waals surface area contributed by atoms with Gasteiger partial charge in [0, 0.05) is 23.9 Å². The summed E-state index contributed by atoms with van der Waals surface area (Å²) < 4.78 is 83.4. The molecular formula is C22H21F3N2O5S. The Morgan fingerprint density at radius 1 is 0.909 bits per heavy atom. The number of halogens is 3. The number of methoxy groups -OCH3 is 2. The summed E-state index contributed by atoms with van der Waals surface area (Å²) in [6.07, 6.45) is -4.58. The Kier molecular flexibility index (Phi) is 7.04. The Balaban J connectivity index is 1.89. The Labute approximate surface area is 188 Å². The summed E-state index contributed by atoms with van der Waals surface area (Å²) in [5.41, 5.74) is 5.49. The second-order valence-electron chi connectivity index (χ2n) is 6.84. The highest BCUT2D eigenvalue weighted by Crippen LogP contribution is 2.35. The third-order valence-electron chi connectivity index (χ3n) is 4.59. The van der Waals surface area contributed by atoms with Crippen molar-refractivity contribution < 1.29 is 35.8 Å². The quantitative estimate of drug-likeness (QED) is 0.456. The molecule has 7 nitrogen and oxygen atoms in total. The molecule has 0 fully saturated rings. The molecule has 0 spiro atoms. The maximum Gasteiger partial charge on any atom is 0.416 e. The number of nitrogens with two attached hydrogens (primary N) is 1. The number of sulfonamides is 1. The van der Waals surface area contributed by atoms with Crippen LogP contribution in [-0.2, 0) is 22.7 Å². The highest BCUT2D eigenvalue weighted by atomic mass is 32.2. The normalized spacial score (nSPS) is 11.8. The van der Waals surface area contributed by atoms with Crippen LogP contribution in [0.25, 0.3) is 0 Å². The van der Waals surface area contributed by atoms with E-state index in [9.17, 15) is 21.6 Å². The van der Waals surface area contributed by atoms with Gasteiger partial charge in [-0.1, -0.05) is 12.1 Å². The molecular weight excluding hydrogens is 461 g/mol. The van der Waals surface area contributed by atoms with Crippen LogP contribution in [0.4, 0.5) is 18.9 Å². The number of benzene rings is 3. The first kappa shape index (κ1) is 24.2. The summed E-state index contributed by atoms with van der Waals surface area (Å²) >= 11 is 0. The van der Waals surface area contributed by atoms with Crippen LogP contribution in [-0.4, -0.2) is 22.6 Å². The van der Waals surface area contributed by atoms with Gasteiger partial charge in [0.15, 0.2) is 0 Å². The number of anilines is 1. The highest BCUT2D eigenvalue weighted by molar-refractivity contribution is 7.89. The van der Waals surface area contributed by atoms with E-state index in [-0.39, 0.29) is 28.6 Å². The van der Waals surface area contributed by atoms with E-state index < -0.39 is 21.8 Å². The summed E-state index contributed by atoms with van der Waals surface area (Å²) in [6.45, 7) is -0.132. The minimum absolute atomic E-state index is 0.132. The minimum Gasteiger partial charge on any atom is -0.497 e. The van der Waals surface area contributed by atoms with Gasteiger partial charge in [0.1, 0.15) is 27.9 Å². The van der Waals surface area contributed by atoms with Crippen molar-refractivity contribution in [3.05, 3.63) is 71.8 Å². The Hall–Kier alpha value is -3.44. The van der Waals surface area contributed by atoms with Crippen molar-refractivity contribution in [1.29, 1.82) is 0 Å². The highest BCUT2D eigenvalue weighted by Gasteiger charge is 2.31. The molecule has 0 aliphatic heterocycles. The molecule has 0 unspecified atom stereocenters. The molecule has 0 saturated carbocycles. The van der Waals surface area contributed by atoms with Crippen LogP contribution >= 0.6 is 0 Å². The van der Waals surface area contributed by atoms with Crippen LogP contribution in [0.3, 0.4) is 0 Å². The van der Waals surface area contributed by atoms with Crippen molar-refractivity contribution in [2.24, 2.45) is 0 Å². The molecule has 0 aliphatic carbocycles. The summed E-state index contributed by atoms with van der Waals surface area (Å²) in [7, 11) is -1.25. The molecule has 33 heavy (non-hydrogen) atoms. The minimum atomic E-state index is -4.58. The SMILES string of the molecule is COc1ccc(CNS(=O)(=O)c2cc(N)ccc2Oc2cccc(C(F)(F)F)c2)c(OC)c1. The number of nitrogen functional groups attached to an aromatic ring is 1. The van der Waals surface area contributed by atoms with Gasteiger partial charge in [0.25, 0.3) is 0 Å². The average Bonchev–Trinajstić information content (AvgIpc) is 2.78. The first-order chi connectivity index (χ1) is 15.5. The summed E-state index contributed by atoms with van der Waals surface area (Å²) in [6, 6.07) is 12.8. The smallest absolute Gasteiger partial charge is 0.416 e. The monoisotopic (exact) mass is 482 g/mol. The molecule has 3 rings (SSSR count). The molecule has 11 heteroatoms. The van der Waals surface area contributed by atoms with Crippen LogP contribution in [0.15, 0.2) is 65.6 Å². The number of hydrogen-bond acceptors (Lipinski definition) is 6. The molecule has 3 N–H and O–H groups in total. The molecule has 0 saturated heterocycles. The first-order valence-electron chi connectivity index (χ1n) is 9.48. The van der Waals surface area contributed by atoms with Gasteiger partial charge in [0.2, 0.25) is 10.0 Å². The van der Waals surface area contributed by atoms with Gasteiger partial charge in [-0.25, -0.2) is 13.1 Å². The van der Waals surface area contributed by atoms with Crippen LogP contribution in [0, 0.1) is 0 Å². The summed E-state index contributed by atoms with van der Waals surface area (Å²) in [4.78, 5) is -0.326. The second kappa shape index (κ2) is 9.59. The van der Waals surface area contributed by atoms with Gasteiger partial charge in [-0.15, -0.1) is 0 Å². The van der Waals surface area contributed by atoms with Gasteiger partial charge < -0.3 is 19.9 Å². The molecule has 0 atom stereocenters. The average molecular weight is 482 g/mol. The first-order valence-corrected chi connectivity index (χ1v) is 11.0. The Morgan fingerprint density at radius 3 is 2.33 bits per heavy atom. The van der Waals surface area contributed by atoms with E-state index in [1.54, 1.807) is 18.2 Å². The lowest BCUT2D eigenvalue weighted by molar-refractivity contribution is -0.137. The molecule has 0 aliphatic rings. The van der Waals surface area contributed by atoms with Crippen molar-refractivity contribution in [3.63, 3.8) is 0 Å². The van der Waals surface area contributed by atoms with Gasteiger partial charge in [-0.3, -0.25) is 0 Å². The van der Waals surface area contributed by atoms with Crippen LogP contribution in [0.5, 0.6) is 23.0 Å². The summed E-state index contributed by atoms with van der Waals surface area (Å²) in [5.74, 6) is 0.580. The number of rotatable bonds is 8. The fraction of sp³-hybridized carbons (Fsp3) is 0.182. The van der Waals surface area contributed by atoms with E-state index in [0.29, 0.717) is 17.1 Å². The van der Waals surface area contributed by atoms with Crippen molar-refractivity contribution in [3.8, 4) is 23.0 Å². The van der Waals surface area contributed by atoms with E-state index in [0.717, 1.165) is 24.3 Å². The molecule has 0 radical (unpaired) electrons. The van der Waals surface area contributed by atoms with Gasteiger partial charge in [-0.05, 0) is 42.5 Å². The van der Waals surface area contributed by atoms with Crippen LogP contribution in [0.1, 0.15) is 11.1 Å². The van der Waals surface area contributed by atoms with E-state index in [4.69, 9.17) is 19.9 Å². The topological polar surface area (TPSA) is 99.9 Å². The van der Waals surface area contributed by atoms with Crippen LogP contribution in [0.2, 0.25) is 0 Å². The van der Waals surface area contributed by atoms with Crippen LogP contribution < -0.4 is 24.7 Å². The van der Waals surface area contributed by atoms with Gasteiger partial charge in [-0.2, -0.15) is 13.2 Å². The molecule has 176 valence electrons. The molecule has 0 amide bonds. The van der Waals surface area contributed by atoms with E-state index in [1.165, 1.54) is 32.4 Å². The lowest BCUT2D eigenvalue weighted by atomic mass is 10.2. The number of alkyl halides is 3. The van der Waals surface area contributed by atoms with Crippen molar-refractivity contribution >= 4 is 15.7 Å². The summed E-state index contributed by atoms with van der Waals surface area (Å²) in [5, 5.41) is 0. The largest absolute Gasteiger partial charge is 0.497 e. The predicted octanol–water partition coefficient (Wildman–Crippen LogP) is 4.58. The zero-order chi connectivity index (χ0) is 24.2. The van der Waals surface area contributed by atoms with Crippen molar-refractivity contribution in [1.82, 2.24) is 4.72 Å². The number of nitrogens with one attached hydrogen (secondary N) is 1.